The van der Waals surface area contributed by atoms with Gasteiger partial charge in [-0.25, -0.2) is 4.98 Å². The average Bonchev–Trinajstić information content (AvgIpc) is 2.63. The number of nitrogens with zero attached hydrogens (tertiary/aromatic N) is 3. The maximum atomic E-state index is 12.6. The average molecular weight is 339 g/mol. The molecule has 0 radical (unpaired) electrons. The first-order valence-electron chi connectivity index (χ1n) is 8.56. The van der Waals surface area contributed by atoms with Gasteiger partial charge in [-0.2, -0.15) is 0 Å². The van der Waals surface area contributed by atoms with Crippen molar-refractivity contribution in [3.8, 4) is 30.6 Å². The van der Waals surface area contributed by atoms with E-state index in [1.807, 2.05) is 12.1 Å². The Kier molecular flexibility index (Phi) is 7.32. The van der Waals surface area contributed by atoms with E-state index in [9.17, 15) is 4.79 Å². The van der Waals surface area contributed by atoms with Gasteiger partial charge in [0.25, 0.3) is 0 Å². The molecule has 0 aliphatic carbocycles. The van der Waals surface area contributed by atoms with E-state index < -0.39 is 0 Å². The van der Waals surface area contributed by atoms with Crippen LogP contribution in [0.2, 0.25) is 0 Å². The summed E-state index contributed by atoms with van der Waals surface area (Å²) in [4.78, 5) is 20.7. The van der Waals surface area contributed by atoms with Gasteiger partial charge in [0.15, 0.2) is 0 Å². The van der Waals surface area contributed by atoms with Gasteiger partial charge < -0.3 is 9.64 Å². The van der Waals surface area contributed by atoms with Crippen molar-refractivity contribution in [2.45, 2.75) is 38.3 Å². The van der Waals surface area contributed by atoms with Crippen molar-refractivity contribution in [3.63, 3.8) is 0 Å². The van der Waals surface area contributed by atoms with Crippen LogP contribution in [0.4, 0.5) is 0 Å². The first-order chi connectivity index (χ1) is 12.2. The van der Waals surface area contributed by atoms with Gasteiger partial charge >= 0.3 is 0 Å². The standard InChI is InChI=1S/C20H25N3O2/c1-4-12-22(13-5-2)19(24)15-18-10-6-7-14-23(18)16-17-9-8-11-21-20(17)25-3/h1-2,8-9,11,18H,6-7,10,12-16H2,3H3. The number of pyridine rings is 1. The second kappa shape index (κ2) is 9.71. The van der Waals surface area contributed by atoms with Crippen molar-refractivity contribution in [3.05, 3.63) is 23.9 Å². The molecule has 0 saturated carbocycles. The predicted octanol–water partition coefficient (Wildman–Crippen LogP) is 1.93. The zero-order chi connectivity index (χ0) is 18.1. The summed E-state index contributed by atoms with van der Waals surface area (Å²) in [5, 5.41) is 0. The van der Waals surface area contributed by atoms with E-state index in [0.717, 1.165) is 37.9 Å². The summed E-state index contributed by atoms with van der Waals surface area (Å²) in [5.74, 6) is 5.67. The van der Waals surface area contributed by atoms with Crippen LogP contribution in [0.25, 0.3) is 0 Å². The SMILES string of the molecule is C#CCN(CC#C)C(=O)CC1CCCCN1Cc1cccnc1OC. The third-order valence-electron chi connectivity index (χ3n) is 4.49. The van der Waals surface area contributed by atoms with Gasteiger partial charge in [0.2, 0.25) is 11.8 Å². The van der Waals surface area contributed by atoms with E-state index in [2.05, 4.69) is 21.7 Å². The number of aromatic nitrogens is 1. The lowest BCUT2D eigenvalue weighted by atomic mass is 9.98. The second-order valence-corrected chi connectivity index (χ2v) is 6.15. The maximum Gasteiger partial charge on any atom is 0.225 e. The summed E-state index contributed by atoms with van der Waals surface area (Å²) in [6, 6.07) is 4.11. The number of hydrogen-bond acceptors (Lipinski definition) is 4. The summed E-state index contributed by atoms with van der Waals surface area (Å²) in [6.07, 6.45) is 16.1. The number of ether oxygens (including phenoxy) is 1. The molecule has 1 unspecified atom stereocenters. The van der Waals surface area contributed by atoms with Crippen LogP contribution in [0.3, 0.4) is 0 Å². The highest BCUT2D eigenvalue weighted by molar-refractivity contribution is 5.77. The highest BCUT2D eigenvalue weighted by Crippen LogP contribution is 2.25. The molecule has 2 rings (SSSR count). The van der Waals surface area contributed by atoms with Crippen molar-refractivity contribution in [2.24, 2.45) is 0 Å². The van der Waals surface area contributed by atoms with Gasteiger partial charge in [-0.3, -0.25) is 9.69 Å². The van der Waals surface area contributed by atoms with Gasteiger partial charge in [0, 0.05) is 30.8 Å². The van der Waals surface area contributed by atoms with Crippen LogP contribution in [0, 0.1) is 24.7 Å². The summed E-state index contributed by atoms with van der Waals surface area (Å²) < 4.78 is 5.35. The van der Waals surface area contributed by atoms with Gasteiger partial charge in [0.1, 0.15) is 0 Å². The zero-order valence-corrected chi connectivity index (χ0v) is 14.8. The summed E-state index contributed by atoms with van der Waals surface area (Å²) >= 11 is 0. The molecule has 25 heavy (non-hydrogen) atoms. The molecule has 0 aromatic carbocycles. The van der Waals surface area contributed by atoms with Crippen molar-refractivity contribution < 1.29 is 9.53 Å². The minimum absolute atomic E-state index is 0.0194. The monoisotopic (exact) mass is 339 g/mol. The van der Waals surface area contributed by atoms with Crippen molar-refractivity contribution in [1.82, 2.24) is 14.8 Å². The molecule has 1 aromatic rings. The topological polar surface area (TPSA) is 45.7 Å². The summed E-state index contributed by atoms with van der Waals surface area (Å²) in [5.41, 5.74) is 1.04. The highest BCUT2D eigenvalue weighted by Gasteiger charge is 2.27. The summed E-state index contributed by atoms with van der Waals surface area (Å²) in [6.45, 7) is 2.19. The lowest BCUT2D eigenvalue weighted by Gasteiger charge is -2.36. The number of carbonyl (C=O) groups excluding carboxylic acids is 1. The second-order valence-electron chi connectivity index (χ2n) is 6.15. The molecule has 132 valence electrons. The molecular formula is C20H25N3O2. The van der Waals surface area contributed by atoms with E-state index in [0.29, 0.717) is 12.3 Å². The number of terminal acetylenes is 2. The Morgan fingerprint density at radius 1 is 1.40 bits per heavy atom. The first kappa shape index (κ1) is 18.8. The third kappa shape index (κ3) is 5.24. The van der Waals surface area contributed by atoms with Crippen molar-refractivity contribution in [2.75, 3.05) is 26.7 Å². The Bertz CT molecular complexity index is 644. The Hall–Kier alpha value is -2.50. The fourth-order valence-corrected chi connectivity index (χ4v) is 3.23. The van der Waals surface area contributed by atoms with Gasteiger partial charge in [-0.1, -0.05) is 24.3 Å². The maximum absolute atomic E-state index is 12.6. The quantitative estimate of drug-likeness (QED) is 0.712. The molecule has 1 aliphatic rings. The lowest BCUT2D eigenvalue weighted by molar-refractivity contribution is -0.131. The molecule has 1 aromatic heterocycles. The van der Waals surface area contributed by atoms with E-state index in [4.69, 9.17) is 17.6 Å². The van der Waals surface area contributed by atoms with Crippen LogP contribution in [-0.2, 0) is 11.3 Å². The minimum atomic E-state index is 0.0194. The molecule has 0 N–H and O–H groups in total. The Morgan fingerprint density at radius 2 is 2.16 bits per heavy atom. The van der Waals surface area contributed by atoms with E-state index in [1.165, 1.54) is 0 Å². The smallest absolute Gasteiger partial charge is 0.225 e. The minimum Gasteiger partial charge on any atom is -0.481 e. The molecule has 1 saturated heterocycles. The highest BCUT2D eigenvalue weighted by atomic mass is 16.5. The van der Waals surface area contributed by atoms with Gasteiger partial charge in [-0.05, 0) is 25.5 Å². The molecule has 1 amide bonds. The van der Waals surface area contributed by atoms with E-state index in [-0.39, 0.29) is 25.0 Å². The molecule has 0 bridgehead atoms. The number of piperidine rings is 1. The lowest BCUT2D eigenvalue weighted by Crippen LogP contribution is -2.43. The Labute approximate surface area is 150 Å². The number of hydrogen-bond donors (Lipinski definition) is 0. The molecular weight excluding hydrogens is 314 g/mol. The molecule has 5 nitrogen and oxygen atoms in total. The summed E-state index contributed by atoms with van der Waals surface area (Å²) in [7, 11) is 1.63. The van der Waals surface area contributed by atoms with Crippen LogP contribution < -0.4 is 4.74 Å². The van der Waals surface area contributed by atoms with Crippen LogP contribution in [0.5, 0.6) is 5.88 Å². The largest absolute Gasteiger partial charge is 0.481 e. The number of methoxy groups -OCH3 is 1. The van der Waals surface area contributed by atoms with Gasteiger partial charge in [0.05, 0.1) is 20.2 Å². The number of likely N-dealkylation sites (tertiary alicyclic amines) is 1. The number of rotatable bonds is 7. The van der Waals surface area contributed by atoms with E-state index >= 15 is 0 Å². The molecule has 1 atom stereocenters. The first-order valence-corrected chi connectivity index (χ1v) is 8.56. The number of amides is 1. The van der Waals surface area contributed by atoms with Crippen LogP contribution in [0.15, 0.2) is 18.3 Å². The molecule has 5 heteroatoms. The fraction of sp³-hybridized carbons (Fsp3) is 0.500. The van der Waals surface area contributed by atoms with Crippen LogP contribution in [0.1, 0.15) is 31.2 Å². The number of carbonyl (C=O) groups is 1. The molecule has 0 spiro atoms. The van der Waals surface area contributed by atoms with Crippen LogP contribution >= 0.6 is 0 Å². The normalized spacial score (nSPS) is 17.3. The third-order valence-corrected chi connectivity index (χ3v) is 4.49. The fourth-order valence-electron chi connectivity index (χ4n) is 3.23. The predicted molar refractivity (Wildman–Crippen MR) is 97.7 cm³/mol. The van der Waals surface area contributed by atoms with Crippen LogP contribution in [-0.4, -0.2) is 53.5 Å². The van der Waals surface area contributed by atoms with Gasteiger partial charge in [-0.15, -0.1) is 12.8 Å². The zero-order valence-electron chi connectivity index (χ0n) is 14.8. The van der Waals surface area contributed by atoms with Crippen molar-refractivity contribution in [1.29, 1.82) is 0 Å². The Morgan fingerprint density at radius 3 is 2.84 bits per heavy atom. The molecule has 1 fully saturated rings. The molecule has 2 heterocycles. The van der Waals surface area contributed by atoms with Crippen molar-refractivity contribution >= 4 is 5.91 Å². The van der Waals surface area contributed by atoms with E-state index in [1.54, 1.807) is 18.2 Å². The Balaban J connectivity index is 2.06. The molecule has 1 aliphatic heterocycles.